The Morgan fingerprint density at radius 3 is 2.56 bits per heavy atom. The van der Waals surface area contributed by atoms with E-state index < -0.39 is 5.82 Å². The Labute approximate surface area is 117 Å². The fraction of sp³-hybridized carbons (Fsp3) is 0.0769. The zero-order chi connectivity index (χ0) is 13.1. The highest BCUT2D eigenvalue weighted by atomic mass is 127. The lowest BCUT2D eigenvalue weighted by molar-refractivity contribution is 0.624. The molecule has 0 aliphatic carbocycles. The van der Waals surface area contributed by atoms with Crippen molar-refractivity contribution in [3.8, 4) is 0 Å². The highest BCUT2D eigenvalue weighted by Crippen LogP contribution is 2.23. The lowest BCUT2D eigenvalue weighted by Gasteiger charge is -2.09. The lowest BCUT2D eigenvalue weighted by atomic mass is 10.2. The van der Waals surface area contributed by atoms with Gasteiger partial charge in [-0.2, -0.15) is 0 Å². The molecule has 0 aliphatic rings. The third-order valence-electron chi connectivity index (χ3n) is 2.40. The number of rotatable bonds is 3. The minimum Gasteiger partial charge on any atom is -0.353 e. The molecular formula is C13H11F2IN2. The van der Waals surface area contributed by atoms with Crippen LogP contribution in [-0.2, 0) is 6.54 Å². The summed E-state index contributed by atoms with van der Waals surface area (Å²) in [6, 6.07) is 9.15. The standard InChI is InChI=1S/C13H11F2IN2/c14-9-3-8(7-17)4-11(5-9)18-13-2-1-10(16)6-12(13)15/h1-6,18H,7,17H2. The molecule has 0 radical (unpaired) electrons. The van der Waals surface area contributed by atoms with Gasteiger partial charge in [-0.05, 0) is 64.6 Å². The Kier molecular flexibility index (Phi) is 4.13. The van der Waals surface area contributed by atoms with Crippen LogP contribution < -0.4 is 11.1 Å². The number of benzene rings is 2. The molecule has 2 nitrogen and oxygen atoms in total. The van der Waals surface area contributed by atoms with Crippen molar-refractivity contribution in [3.63, 3.8) is 0 Å². The molecule has 3 N–H and O–H groups in total. The van der Waals surface area contributed by atoms with Crippen LogP contribution in [0.2, 0.25) is 0 Å². The van der Waals surface area contributed by atoms with E-state index in [1.807, 2.05) is 22.6 Å². The fourth-order valence-corrected chi connectivity index (χ4v) is 2.04. The summed E-state index contributed by atoms with van der Waals surface area (Å²) in [7, 11) is 0. The van der Waals surface area contributed by atoms with Gasteiger partial charge in [0.2, 0.25) is 0 Å². The number of hydrogen-bond acceptors (Lipinski definition) is 2. The number of hydrogen-bond donors (Lipinski definition) is 2. The van der Waals surface area contributed by atoms with Crippen LogP contribution in [0.1, 0.15) is 5.56 Å². The molecule has 0 unspecified atom stereocenters. The van der Waals surface area contributed by atoms with Gasteiger partial charge in [0.25, 0.3) is 0 Å². The van der Waals surface area contributed by atoms with Crippen molar-refractivity contribution in [2.24, 2.45) is 5.73 Å². The van der Waals surface area contributed by atoms with E-state index in [2.05, 4.69) is 5.32 Å². The van der Waals surface area contributed by atoms with Gasteiger partial charge >= 0.3 is 0 Å². The van der Waals surface area contributed by atoms with Crippen LogP contribution in [0.4, 0.5) is 20.2 Å². The van der Waals surface area contributed by atoms with E-state index >= 15 is 0 Å². The molecule has 18 heavy (non-hydrogen) atoms. The summed E-state index contributed by atoms with van der Waals surface area (Å²) in [6.07, 6.45) is 0. The maximum Gasteiger partial charge on any atom is 0.147 e. The van der Waals surface area contributed by atoms with Crippen molar-refractivity contribution in [3.05, 3.63) is 57.2 Å². The van der Waals surface area contributed by atoms with E-state index in [4.69, 9.17) is 5.73 Å². The molecule has 2 aromatic rings. The van der Waals surface area contributed by atoms with Crippen molar-refractivity contribution >= 4 is 34.0 Å². The maximum atomic E-state index is 13.6. The van der Waals surface area contributed by atoms with Gasteiger partial charge in [0, 0.05) is 15.8 Å². The molecule has 0 amide bonds. The van der Waals surface area contributed by atoms with Crippen LogP contribution in [0.15, 0.2) is 36.4 Å². The molecule has 2 rings (SSSR count). The van der Waals surface area contributed by atoms with Crippen LogP contribution >= 0.6 is 22.6 Å². The summed E-state index contributed by atoms with van der Waals surface area (Å²) in [5, 5.41) is 2.84. The molecule has 0 atom stereocenters. The first-order valence-electron chi connectivity index (χ1n) is 5.30. The smallest absolute Gasteiger partial charge is 0.147 e. The maximum absolute atomic E-state index is 13.6. The summed E-state index contributed by atoms with van der Waals surface area (Å²) in [6.45, 7) is 0.238. The van der Waals surface area contributed by atoms with Gasteiger partial charge in [0.1, 0.15) is 11.6 Å². The predicted octanol–water partition coefficient (Wildman–Crippen LogP) is 3.77. The minimum absolute atomic E-state index is 0.238. The fourth-order valence-electron chi connectivity index (χ4n) is 1.59. The van der Waals surface area contributed by atoms with E-state index in [0.29, 0.717) is 16.9 Å². The summed E-state index contributed by atoms with van der Waals surface area (Å²) in [5.74, 6) is -0.771. The van der Waals surface area contributed by atoms with Crippen molar-refractivity contribution in [2.45, 2.75) is 6.54 Å². The topological polar surface area (TPSA) is 38.0 Å². The van der Waals surface area contributed by atoms with Gasteiger partial charge in [-0.25, -0.2) is 8.78 Å². The molecule has 0 heterocycles. The average Bonchev–Trinajstić information content (AvgIpc) is 2.32. The summed E-state index contributed by atoms with van der Waals surface area (Å²) >= 11 is 2.03. The van der Waals surface area contributed by atoms with Crippen molar-refractivity contribution in [1.29, 1.82) is 0 Å². The first kappa shape index (κ1) is 13.2. The van der Waals surface area contributed by atoms with Crippen LogP contribution in [0.3, 0.4) is 0 Å². The molecule has 0 aliphatic heterocycles. The van der Waals surface area contributed by atoms with Crippen molar-refractivity contribution in [2.75, 3.05) is 5.32 Å². The van der Waals surface area contributed by atoms with E-state index in [9.17, 15) is 8.78 Å². The molecule has 5 heteroatoms. The van der Waals surface area contributed by atoms with Gasteiger partial charge < -0.3 is 11.1 Å². The van der Waals surface area contributed by atoms with E-state index in [1.54, 1.807) is 18.2 Å². The first-order chi connectivity index (χ1) is 8.58. The predicted molar refractivity (Wildman–Crippen MR) is 76.7 cm³/mol. The van der Waals surface area contributed by atoms with Gasteiger partial charge in [0.05, 0.1) is 5.69 Å². The Bertz CT molecular complexity index is 573. The second-order valence-corrected chi connectivity index (χ2v) is 5.05. The highest BCUT2D eigenvalue weighted by molar-refractivity contribution is 14.1. The number of anilines is 2. The third-order valence-corrected chi connectivity index (χ3v) is 3.07. The average molecular weight is 360 g/mol. The Balaban J connectivity index is 2.30. The van der Waals surface area contributed by atoms with E-state index in [1.165, 1.54) is 18.2 Å². The molecule has 0 aromatic heterocycles. The van der Waals surface area contributed by atoms with E-state index in [-0.39, 0.29) is 12.4 Å². The van der Waals surface area contributed by atoms with Crippen molar-refractivity contribution < 1.29 is 8.78 Å². The quantitative estimate of drug-likeness (QED) is 0.818. The molecule has 94 valence electrons. The molecule has 0 spiro atoms. The number of nitrogens with two attached hydrogens (primary N) is 1. The van der Waals surface area contributed by atoms with Crippen LogP contribution in [0.25, 0.3) is 0 Å². The number of nitrogens with one attached hydrogen (secondary N) is 1. The van der Waals surface area contributed by atoms with Gasteiger partial charge in [-0.1, -0.05) is 0 Å². The second-order valence-electron chi connectivity index (χ2n) is 3.80. The zero-order valence-corrected chi connectivity index (χ0v) is 11.5. The lowest BCUT2D eigenvalue weighted by Crippen LogP contribution is -2.00. The summed E-state index contributed by atoms with van der Waals surface area (Å²) in [4.78, 5) is 0. The van der Waals surface area contributed by atoms with E-state index in [0.717, 1.165) is 3.57 Å². The monoisotopic (exact) mass is 360 g/mol. The second kappa shape index (κ2) is 5.62. The largest absolute Gasteiger partial charge is 0.353 e. The highest BCUT2D eigenvalue weighted by Gasteiger charge is 2.05. The summed E-state index contributed by atoms with van der Waals surface area (Å²) < 4.78 is 27.7. The summed E-state index contributed by atoms with van der Waals surface area (Å²) in [5.41, 5.74) is 6.91. The van der Waals surface area contributed by atoms with Gasteiger partial charge in [-0.3, -0.25) is 0 Å². The number of halogens is 3. The molecule has 2 aromatic carbocycles. The minimum atomic E-state index is -0.397. The first-order valence-corrected chi connectivity index (χ1v) is 6.38. The molecule has 0 saturated carbocycles. The molecule has 0 bridgehead atoms. The Hall–Kier alpha value is -1.21. The Morgan fingerprint density at radius 1 is 1.11 bits per heavy atom. The zero-order valence-electron chi connectivity index (χ0n) is 9.38. The Morgan fingerprint density at radius 2 is 1.89 bits per heavy atom. The molecule has 0 fully saturated rings. The normalized spacial score (nSPS) is 10.4. The van der Waals surface area contributed by atoms with Crippen molar-refractivity contribution in [1.82, 2.24) is 0 Å². The van der Waals surface area contributed by atoms with Crippen LogP contribution in [-0.4, -0.2) is 0 Å². The molecular weight excluding hydrogens is 349 g/mol. The van der Waals surface area contributed by atoms with Gasteiger partial charge in [0.15, 0.2) is 0 Å². The molecule has 0 saturated heterocycles. The SMILES string of the molecule is NCc1cc(F)cc(Nc2ccc(I)cc2F)c1. The third kappa shape index (κ3) is 3.17. The van der Waals surface area contributed by atoms with Gasteiger partial charge in [-0.15, -0.1) is 0 Å². The van der Waals surface area contributed by atoms with Crippen LogP contribution in [0, 0.1) is 15.2 Å². The van der Waals surface area contributed by atoms with Crippen LogP contribution in [0.5, 0.6) is 0 Å².